The van der Waals surface area contributed by atoms with Gasteiger partial charge in [-0.3, -0.25) is 0 Å². The summed E-state index contributed by atoms with van der Waals surface area (Å²) in [5, 5.41) is 0. The molecule has 0 saturated carbocycles. The first-order valence-electron chi connectivity index (χ1n) is 14.3. The Labute approximate surface area is 246 Å². The van der Waals surface area contributed by atoms with Crippen molar-refractivity contribution in [2.75, 3.05) is 7.11 Å². The minimum absolute atomic E-state index is 0.191. The van der Waals surface area contributed by atoms with Crippen LogP contribution >= 0.6 is 0 Å². The predicted octanol–water partition coefficient (Wildman–Crippen LogP) is 6.27. The van der Waals surface area contributed by atoms with E-state index in [4.69, 9.17) is 23.7 Å². The number of rotatable bonds is 12. The fraction of sp³-hybridized carbons (Fsp3) is 0.314. The number of hydrogen-bond donors (Lipinski definition) is 0. The van der Waals surface area contributed by atoms with Crippen LogP contribution in [0.4, 0.5) is 0 Å². The fourth-order valence-corrected chi connectivity index (χ4v) is 11.7. The molecule has 1 heterocycles. The fourth-order valence-electron chi connectivity index (χ4n) is 5.46. The van der Waals surface area contributed by atoms with Crippen molar-refractivity contribution in [3.8, 4) is 0 Å². The first-order valence-corrected chi connectivity index (χ1v) is 20.7. The first kappa shape index (κ1) is 29.7. The van der Waals surface area contributed by atoms with Crippen molar-refractivity contribution in [3.63, 3.8) is 0 Å². The number of benzene rings is 4. The van der Waals surface area contributed by atoms with Crippen LogP contribution in [0.5, 0.6) is 0 Å². The van der Waals surface area contributed by atoms with E-state index in [2.05, 4.69) is 78.2 Å². The summed E-state index contributed by atoms with van der Waals surface area (Å²) in [5.41, 5.74) is 3.28. The molecule has 1 aliphatic heterocycles. The number of ether oxygens (including phenoxy) is 5. The molecule has 0 aliphatic carbocycles. The molecular weight excluding hydrogens is 573 g/mol. The van der Waals surface area contributed by atoms with E-state index in [-0.39, 0.29) is 11.0 Å². The number of methoxy groups -OCH3 is 1. The van der Waals surface area contributed by atoms with Crippen LogP contribution in [0.15, 0.2) is 121 Å². The minimum atomic E-state index is -2.91. The van der Waals surface area contributed by atoms with Crippen molar-refractivity contribution in [2.24, 2.45) is 0 Å². The third-order valence-corrected chi connectivity index (χ3v) is 15.6. The molecule has 0 radical (unpaired) electrons. The van der Waals surface area contributed by atoms with E-state index in [1.54, 1.807) is 7.11 Å². The van der Waals surface area contributed by atoms with Crippen LogP contribution in [-0.2, 0) is 43.5 Å². The van der Waals surface area contributed by atoms with E-state index in [0.717, 1.165) is 16.7 Å². The van der Waals surface area contributed by atoms with Crippen LogP contribution < -0.4 is 4.40 Å². The molecular formula is C35H40GeO5. The van der Waals surface area contributed by atoms with Gasteiger partial charge in [0.15, 0.2) is 0 Å². The van der Waals surface area contributed by atoms with Crippen molar-refractivity contribution < 1.29 is 23.7 Å². The average Bonchev–Trinajstić information content (AvgIpc) is 3.03. The Balaban J connectivity index is 1.50. The second-order valence-electron chi connectivity index (χ2n) is 11.0. The van der Waals surface area contributed by atoms with Crippen LogP contribution in [0.2, 0.25) is 11.5 Å². The van der Waals surface area contributed by atoms with Gasteiger partial charge in [-0.25, -0.2) is 0 Å². The Kier molecular flexibility index (Phi) is 10.4. The van der Waals surface area contributed by atoms with Gasteiger partial charge in [0.05, 0.1) is 0 Å². The van der Waals surface area contributed by atoms with Crippen molar-refractivity contribution in [3.05, 3.63) is 138 Å². The van der Waals surface area contributed by atoms with E-state index < -0.39 is 31.8 Å². The van der Waals surface area contributed by atoms with E-state index in [1.807, 2.05) is 54.6 Å². The Morgan fingerprint density at radius 3 is 1.37 bits per heavy atom. The van der Waals surface area contributed by atoms with E-state index in [0.29, 0.717) is 19.8 Å². The zero-order valence-corrected chi connectivity index (χ0v) is 26.2. The van der Waals surface area contributed by atoms with Crippen LogP contribution in [0.1, 0.15) is 16.7 Å². The molecule has 4 aromatic rings. The molecule has 1 saturated heterocycles. The SMILES string of the molecule is CO[C@H]1O[C@H]([Ge]([CH3])([CH3])[c]2ccccc2)[C@@H](OCc2ccccc2)[C@H](OCc2ccccc2)[C@H]1OCc1ccccc1. The molecule has 5 atom stereocenters. The van der Waals surface area contributed by atoms with Gasteiger partial charge in [-0.05, 0) is 0 Å². The van der Waals surface area contributed by atoms with Gasteiger partial charge < -0.3 is 0 Å². The molecule has 214 valence electrons. The molecule has 6 heteroatoms. The summed E-state index contributed by atoms with van der Waals surface area (Å²) in [6.45, 7) is 1.30. The Morgan fingerprint density at radius 1 is 0.537 bits per heavy atom. The zero-order chi connectivity index (χ0) is 28.5. The second kappa shape index (κ2) is 14.4. The van der Waals surface area contributed by atoms with Gasteiger partial charge in [0.2, 0.25) is 0 Å². The van der Waals surface area contributed by atoms with Gasteiger partial charge in [0.1, 0.15) is 0 Å². The predicted molar refractivity (Wildman–Crippen MR) is 164 cm³/mol. The van der Waals surface area contributed by atoms with Crippen molar-refractivity contribution >= 4 is 17.7 Å². The molecule has 0 spiro atoms. The van der Waals surface area contributed by atoms with Gasteiger partial charge in [0, 0.05) is 0 Å². The molecule has 5 nitrogen and oxygen atoms in total. The second-order valence-corrected chi connectivity index (χ2v) is 20.7. The molecule has 41 heavy (non-hydrogen) atoms. The van der Waals surface area contributed by atoms with Crippen LogP contribution in [-0.4, -0.2) is 49.9 Å². The van der Waals surface area contributed by atoms with Gasteiger partial charge in [0.25, 0.3) is 0 Å². The molecule has 0 aromatic heterocycles. The molecule has 0 bridgehead atoms. The summed E-state index contributed by atoms with van der Waals surface area (Å²) < 4.78 is 34.4. The van der Waals surface area contributed by atoms with Crippen LogP contribution in [0, 0.1) is 0 Å². The van der Waals surface area contributed by atoms with Gasteiger partial charge in [-0.1, -0.05) is 0 Å². The summed E-state index contributed by atoms with van der Waals surface area (Å²) in [7, 11) is 1.68. The van der Waals surface area contributed by atoms with Crippen molar-refractivity contribution in [1.29, 1.82) is 0 Å². The van der Waals surface area contributed by atoms with Gasteiger partial charge >= 0.3 is 247 Å². The summed E-state index contributed by atoms with van der Waals surface area (Å²) in [6, 6.07) is 41.4. The zero-order valence-electron chi connectivity index (χ0n) is 24.1. The normalized spacial score (nSPS) is 22.9. The number of hydrogen-bond acceptors (Lipinski definition) is 5. The summed E-state index contributed by atoms with van der Waals surface area (Å²) >= 11 is -2.91. The van der Waals surface area contributed by atoms with Crippen molar-refractivity contribution in [2.45, 2.75) is 60.9 Å². The monoisotopic (exact) mass is 614 g/mol. The third kappa shape index (κ3) is 7.55. The Morgan fingerprint density at radius 2 is 0.927 bits per heavy atom. The quantitative estimate of drug-likeness (QED) is 0.177. The molecule has 1 aliphatic rings. The Hall–Kier alpha value is -2.78. The van der Waals surface area contributed by atoms with Crippen LogP contribution in [0.25, 0.3) is 0 Å². The van der Waals surface area contributed by atoms with Gasteiger partial charge in [-0.15, -0.1) is 0 Å². The van der Waals surface area contributed by atoms with E-state index in [9.17, 15) is 0 Å². The summed E-state index contributed by atoms with van der Waals surface area (Å²) in [4.78, 5) is -0.191. The molecule has 1 fully saturated rings. The molecule has 5 rings (SSSR count). The molecule has 0 N–H and O–H groups in total. The maximum absolute atomic E-state index is 6.87. The molecule has 0 unspecified atom stereocenters. The summed E-state index contributed by atoms with van der Waals surface area (Å²) in [6.07, 6.45) is -1.87. The molecule has 0 amide bonds. The third-order valence-electron chi connectivity index (χ3n) is 7.81. The van der Waals surface area contributed by atoms with Gasteiger partial charge in [-0.2, -0.15) is 0 Å². The van der Waals surface area contributed by atoms with E-state index in [1.165, 1.54) is 4.40 Å². The van der Waals surface area contributed by atoms with E-state index >= 15 is 0 Å². The standard InChI is InChI=1S/C35H40GeO5/c1-36(2,30-22-14-7-15-23-30)34-32(39-25-28-18-10-5-11-19-28)31(38-24-27-16-8-4-9-17-27)33(35(37-3)41-34)40-26-29-20-12-6-13-21-29/h4-23,31-35H,24-26H2,1-3H3/t31-,32-,33+,34-,35-/m0/s1. The maximum atomic E-state index is 6.87. The summed E-state index contributed by atoms with van der Waals surface area (Å²) in [5.74, 6) is 4.76. The Bertz CT molecular complexity index is 1300. The van der Waals surface area contributed by atoms with Crippen LogP contribution in [0.3, 0.4) is 0 Å². The van der Waals surface area contributed by atoms with Crippen molar-refractivity contribution in [1.82, 2.24) is 0 Å². The average molecular weight is 613 g/mol. The topological polar surface area (TPSA) is 46.2 Å². The first-order chi connectivity index (χ1) is 20.1. The molecule has 4 aromatic carbocycles.